The zero-order valence-corrected chi connectivity index (χ0v) is 17.1. The van der Waals surface area contributed by atoms with Crippen molar-refractivity contribution in [1.82, 2.24) is 4.90 Å². The van der Waals surface area contributed by atoms with E-state index in [0.29, 0.717) is 32.7 Å². The van der Waals surface area contributed by atoms with E-state index in [9.17, 15) is 4.79 Å². The molecule has 0 spiro atoms. The van der Waals surface area contributed by atoms with Gasteiger partial charge in [0, 0.05) is 12.1 Å². The molecule has 0 bridgehead atoms. The Bertz CT molecular complexity index is 851. The molecule has 2 aromatic rings. The van der Waals surface area contributed by atoms with Crippen LogP contribution in [0.1, 0.15) is 29.5 Å². The van der Waals surface area contributed by atoms with Crippen LogP contribution in [-0.2, 0) is 28.8 Å². The second-order valence-electron chi connectivity index (χ2n) is 7.77. The van der Waals surface area contributed by atoms with E-state index < -0.39 is 0 Å². The Morgan fingerprint density at radius 3 is 2.83 bits per heavy atom. The minimum atomic E-state index is -0.110. The normalized spacial score (nSPS) is 18.8. The van der Waals surface area contributed by atoms with E-state index in [-0.39, 0.29) is 12.0 Å². The number of para-hydroxylation sites is 1. The van der Waals surface area contributed by atoms with Gasteiger partial charge in [-0.3, -0.25) is 4.79 Å². The van der Waals surface area contributed by atoms with E-state index in [1.165, 1.54) is 30.4 Å². The van der Waals surface area contributed by atoms with Gasteiger partial charge in [0.15, 0.2) is 0 Å². The quantitative estimate of drug-likeness (QED) is 0.752. The van der Waals surface area contributed by atoms with Crippen LogP contribution in [0, 0.1) is 0 Å². The Morgan fingerprint density at radius 1 is 1.14 bits per heavy atom. The Balaban J connectivity index is 1.32. The Kier molecular flexibility index (Phi) is 6.35. The summed E-state index contributed by atoms with van der Waals surface area (Å²) in [5.41, 5.74) is 3.77. The molecular formula is C24H29NO4. The number of morpholine rings is 1. The second kappa shape index (κ2) is 9.31. The number of hydrogen-bond acceptors (Lipinski definition) is 4. The molecule has 4 rings (SSSR count). The highest BCUT2D eigenvalue weighted by Gasteiger charge is 2.25. The van der Waals surface area contributed by atoms with Crippen molar-refractivity contribution in [1.29, 1.82) is 0 Å². The lowest BCUT2D eigenvalue weighted by atomic mass is 9.92. The summed E-state index contributed by atoms with van der Waals surface area (Å²) in [5.74, 6) is 1.74. The molecule has 1 aliphatic carbocycles. The van der Waals surface area contributed by atoms with Gasteiger partial charge >= 0.3 is 0 Å². The number of methoxy groups -OCH3 is 1. The molecule has 2 aromatic carbocycles. The summed E-state index contributed by atoms with van der Waals surface area (Å²) in [5, 5.41) is 0. The van der Waals surface area contributed by atoms with Gasteiger partial charge in [-0.2, -0.15) is 0 Å². The molecule has 1 saturated heterocycles. The molecule has 1 fully saturated rings. The fourth-order valence-electron chi connectivity index (χ4n) is 4.16. The maximum absolute atomic E-state index is 12.8. The van der Waals surface area contributed by atoms with Crippen molar-refractivity contribution < 1.29 is 19.0 Å². The third kappa shape index (κ3) is 4.91. The van der Waals surface area contributed by atoms with E-state index in [0.717, 1.165) is 23.5 Å². The highest BCUT2D eigenvalue weighted by atomic mass is 16.5. The van der Waals surface area contributed by atoms with Crippen molar-refractivity contribution in [3.63, 3.8) is 0 Å². The molecule has 0 N–H and O–H groups in total. The molecule has 5 nitrogen and oxygen atoms in total. The van der Waals surface area contributed by atoms with Crippen LogP contribution in [0.3, 0.4) is 0 Å². The molecular weight excluding hydrogens is 366 g/mol. The molecule has 2 aliphatic rings. The van der Waals surface area contributed by atoms with Gasteiger partial charge in [0.25, 0.3) is 0 Å². The predicted molar refractivity (Wildman–Crippen MR) is 112 cm³/mol. The third-order valence-corrected chi connectivity index (χ3v) is 5.78. The Morgan fingerprint density at radius 2 is 1.97 bits per heavy atom. The fraction of sp³-hybridized carbons (Fsp3) is 0.458. The lowest BCUT2D eigenvalue weighted by Crippen LogP contribution is -2.48. The minimum absolute atomic E-state index is 0.0941. The first-order chi connectivity index (χ1) is 14.2. The first kappa shape index (κ1) is 19.8. The van der Waals surface area contributed by atoms with E-state index in [1.807, 2.05) is 29.2 Å². The average Bonchev–Trinajstić information content (AvgIpc) is 2.78. The van der Waals surface area contributed by atoms with Gasteiger partial charge in [-0.1, -0.05) is 24.3 Å². The van der Waals surface area contributed by atoms with Crippen LogP contribution < -0.4 is 9.47 Å². The summed E-state index contributed by atoms with van der Waals surface area (Å²) in [6, 6.07) is 14.1. The van der Waals surface area contributed by atoms with Crippen LogP contribution in [-0.4, -0.2) is 50.3 Å². The molecule has 5 heteroatoms. The van der Waals surface area contributed by atoms with Crippen molar-refractivity contribution in [3.8, 4) is 11.5 Å². The van der Waals surface area contributed by atoms with Crippen molar-refractivity contribution in [2.45, 2.75) is 38.2 Å². The molecule has 1 amide bonds. The molecule has 29 heavy (non-hydrogen) atoms. The van der Waals surface area contributed by atoms with Crippen molar-refractivity contribution in [3.05, 3.63) is 59.2 Å². The largest absolute Gasteiger partial charge is 0.496 e. The number of carbonyl (C=O) groups excluding carboxylic acids is 1. The van der Waals surface area contributed by atoms with Gasteiger partial charge in [0.05, 0.1) is 26.7 Å². The maximum Gasteiger partial charge on any atom is 0.227 e. The molecule has 1 aliphatic heterocycles. The third-order valence-electron chi connectivity index (χ3n) is 5.78. The SMILES string of the molecule is COc1ccccc1CC(=O)N1CCOC(COc2ccc3c(c2)CCCC3)C1. The van der Waals surface area contributed by atoms with E-state index in [1.54, 1.807) is 7.11 Å². The summed E-state index contributed by atoms with van der Waals surface area (Å²) in [7, 11) is 1.63. The number of nitrogens with zero attached hydrogens (tertiary/aromatic N) is 1. The number of hydrogen-bond donors (Lipinski definition) is 0. The number of ether oxygens (including phenoxy) is 3. The van der Waals surface area contributed by atoms with Crippen LogP contribution in [0.2, 0.25) is 0 Å². The van der Waals surface area contributed by atoms with Crippen LogP contribution in [0.25, 0.3) is 0 Å². The van der Waals surface area contributed by atoms with Gasteiger partial charge < -0.3 is 19.1 Å². The number of amides is 1. The minimum Gasteiger partial charge on any atom is -0.496 e. The number of fused-ring (bicyclic) bond motifs is 1. The Labute approximate surface area is 172 Å². The van der Waals surface area contributed by atoms with Crippen LogP contribution in [0.4, 0.5) is 0 Å². The summed E-state index contributed by atoms with van der Waals surface area (Å²) in [6.45, 7) is 2.16. The van der Waals surface area contributed by atoms with Gasteiger partial charge in [0.1, 0.15) is 24.2 Å². The monoisotopic (exact) mass is 395 g/mol. The van der Waals surface area contributed by atoms with E-state index in [2.05, 4.69) is 18.2 Å². The Hall–Kier alpha value is -2.53. The van der Waals surface area contributed by atoms with E-state index in [4.69, 9.17) is 14.2 Å². The molecule has 1 unspecified atom stereocenters. The standard InChI is InChI=1S/C24H29NO4/c1-27-23-9-5-4-8-20(23)15-24(26)25-12-13-28-22(16-25)17-29-21-11-10-18-6-2-3-7-19(18)14-21/h4-5,8-11,14,22H,2-3,6-7,12-13,15-17H2,1H3. The lowest BCUT2D eigenvalue weighted by Gasteiger charge is -2.33. The summed E-state index contributed by atoms with van der Waals surface area (Å²) < 4.78 is 17.2. The van der Waals surface area contributed by atoms with Gasteiger partial charge in [-0.15, -0.1) is 0 Å². The lowest BCUT2D eigenvalue weighted by molar-refractivity contribution is -0.139. The molecule has 0 saturated carbocycles. The topological polar surface area (TPSA) is 48.0 Å². The van der Waals surface area contributed by atoms with Crippen molar-refractivity contribution >= 4 is 5.91 Å². The highest BCUT2D eigenvalue weighted by molar-refractivity contribution is 5.79. The maximum atomic E-state index is 12.8. The molecule has 1 atom stereocenters. The van der Waals surface area contributed by atoms with E-state index >= 15 is 0 Å². The fourth-order valence-corrected chi connectivity index (χ4v) is 4.16. The number of aryl methyl sites for hydroxylation is 2. The number of rotatable bonds is 6. The molecule has 0 aromatic heterocycles. The van der Waals surface area contributed by atoms with Gasteiger partial charge in [0.2, 0.25) is 5.91 Å². The zero-order chi connectivity index (χ0) is 20.1. The average molecular weight is 395 g/mol. The summed E-state index contributed by atoms with van der Waals surface area (Å²) in [6.07, 6.45) is 5.07. The van der Waals surface area contributed by atoms with Crippen molar-refractivity contribution in [2.24, 2.45) is 0 Å². The van der Waals surface area contributed by atoms with Crippen LogP contribution in [0.5, 0.6) is 11.5 Å². The zero-order valence-electron chi connectivity index (χ0n) is 17.1. The second-order valence-corrected chi connectivity index (χ2v) is 7.77. The van der Waals surface area contributed by atoms with Crippen LogP contribution in [0.15, 0.2) is 42.5 Å². The highest BCUT2D eigenvalue weighted by Crippen LogP contribution is 2.26. The first-order valence-electron chi connectivity index (χ1n) is 10.5. The smallest absolute Gasteiger partial charge is 0.227 e. The molecule has 0 radical (unpaired) electrons. The molecule has 1 heterocycles. The molecule has 154 valence electrons. The predicted octanol–water partition coefficient (Wildman–Crippen LogP) is 3.42. The van der Waals surface area contributed by atoms with Crippen molar-refractivity contribution in [2.75, 3.05) is 33.4 Å². The van der Waals surface area contributed by atoms with Gasteiger partial charge in [-0.25, -0.2) is 0 Å². The summed E-state index contributed by atoms with van der Waals surface area (Å²) in [4.78, 5) is 14.7. The van der Waals surface area contributed by atoms with Gasteiger partial charge in [-0.05, 0) is 55.0 Å². The number of carbonyl (C=O) groups is 1. The summed E-state index contributed by atoms with van der Waals surface area (Å²) >= 11 is 0. The first-order valence-corrected chi connectivity index (χ1v) is 10.5. The van der Waals surface area contributed by atoms with Crippen LogP contribution >= 0.6 is 0 Å². The number of benzene rings is 2.